The van der Waals surface area contributed by atoms with Gasteiger partial charge < -0.3 is 4.74 Å². The number of hydrogen-bond acceptors (Lipinski definition) is 4. The molecule has 0 unspecified atom stereocenters. The minimum atomic E-state index is -3.34. The Labute approximate surface area is 124 Å². The topological polar surface area (TPSA) is 67.2 Å². The van der Waals surface area contributed by atoms with E-state index in [9.17, 15) is 13.7 Å². The number of sulfone groups is 1. The van der Waals surface area contributed by atoms with Crippen LogP contribution in [0.1, 0.15) is 18.4 Å². The SMILES string of the molecule is CCOC[C@]1(C#N)[C@H](c2cccc(Cl)c2)[C@H]1S(C)(=O)=O. The largest absolute Gasteiger partial charge is 0.380 e. The molecule has 0 aliphatic heterocycles. The summed E-state index contributed by atoms with van der Waals surface area (Å²) in [6, 6.07) is 9.17. The van der Waals surface area contributed by atoms with Crippen molar-refractivity contribution in [3.05, 3.63) is 34.9 Å². The fraction of sp³-hybridized carbons (Fsp3) is 0.500. The zero-order valence-electron chi connectivity index (χ0n) is 11.3. The predicted molar refractivity (Wildman–Crippen MR) is 77.4 cm³/mol. The quantitative estimate of drug-likeness (QED) is 0.837. The number of halogens is 1. The summed E-state index contributed by atoms with van der Waals surface area (Å²) in [5.74, 6) is -0.382. The van der Waals surface area contributed by atoms with Crippen LogP contribution in [0.15, 0.2) is 24.3 Å². The Morgan fingerprint density at radius 3 is 2.70 bits per heavy atom. The van der Waals surface area contributed by atoms with Gasteiger partial charge in [-0.05, 0) is 24.6 Å². The molecular weight excluding hydrogens is 298 g/mol. The number of nitrogens with zero attached hydrogens (tertiary/aromatic N) is 1. The first-order valence-electron chi connectivity index (χ1n) is 6.30. The Morgan fingerprint density at radius 1 is 1.50 bits per heavy atom. The molecule has 1 aliphatic rings. The first-order chi connectivity index (χ1) is 9.36. The number of nitriles is 1. The molecule has 20 heavy (non-hydrogen) atoms. The summed E-state index contributed by atoms with van der Waals surface area (Å²) in [6.07, 6.45) is 1.17. The van der Waals surface area contributed by atoms with Crippen molar-refractivity contribution in [3.63, 3.8) is 0 Å². The van der Waals surface area contributed by atoms with Gasteiger partial charge in [-0.2, -0.15) is 5.26 Å². The number of hydrogen-bond donors (Lipinski definition) is 0. The summed E-state index contributed by atoms with van der Waals surface area (Å²) in [5.41, 5.74) is -0.233. The molecule has 0 amide bonds. The van der Waals surface area contributed by atoms with Crippen molar-refractivity contribution in [2.75, 3.05) is 19.5 Å². The molecule has 0 bridgehead atoms. The minimum Gasteiger partial charge on any atom is -0.380 e. The van der Waals surface area contributed by atoms with Crippen LogP contribution in [-0.4, -0.2) is 33.1 Å². The summed E-state index contributed by atoms with van der Waals surface area (Å²) < 4.78 is 29.3. The molecule has 0 aromatic heterocycles. The zero-order valence-corrected chi connectivity index (χ0v) is 12.9. The monoisotopic (exact) mass is 313 g/mol. The van der Waals surface area contributed by atoms with E-state index in [4.69, 9.17) is 16.3 Å². The van der Waals surface area contributed by atoms with E-state index in [1.165, 1.54) is 6.26 Å². The Balaban J connectivity index is 2.43. The van der Waals surface area contributed by atoms with Gasteiger partial charge in [-0.3, -0.25) is 0 Å². The lowest BCUT2D eigenvalue weighted by atomic mass is 10.0. The highest BCUT2D eigenvalue weighted by Gasteiger charge is 2.71. The number of ether oxygens (including phenoxy) is 1. The molecule has 1 aliphatic carbocycles. The molecular formula is C14H16ClNO3S. The molecule has 0 radical (unpaired) electrons. The third kappa shape index (κ3) is 2.56. The first-order valence-corrected chi connectivity index (χ1v) is 8.63. The second kappa shape index (κ2) is 5.36. The van der Waals surface area contributed by atoms with E-state index in [1.54, 1.807) is 24.3 Å². The molecule has 1 aromatic rings. The van der Waals surface area contributed by atoms with Crippen LogP contribution in [0.3, 0.4) is 0 Å². The summed E-state index contributed by atoms with van der Waals surface area (Å²) in [4.78, 5) is 0. The normalized spacial score (nSPS) is 28.9. The molecule has 0 heterocycles. The third-order valence-corrected chi connectivity index (χ3v) is 5.53. The van der Waals surface area contributed by atoms with Gasteiger partial charge in [-0.1, -0.05) is 23.7 Å². The van der Waals surface area contributed by atoms with E-state index in [0.29, 0.717) is 11.6 Å². The third-order valence-electron chi connectivity index (χ3n) is 3.68. The van der Waals surface area contributed by atoms with Gasteiger partial charge in [0.15, 0.2) is 9.84 Å². The van der Waals surface area contributed by atoms with Gasteiger partial charge in [-0.15, -0.1) is 0 Å². The van der Waals surface area contributed by atoms with Gasteiger partial charge >= 0.3 is 0 Å². The molecule has 0 saturated heterocycles. The maximum atomic E-state index is 12.0. The molecule has 0 spiro atoms. The predicted octanol–water partition coefficient (Wildman–Crippen LogP) is 2.40. The zero-order chi connectivity index (χ0) is 15.0. The van der Waals surface area contributed by atoms with Crippen LogP contribution in [0.5, 0.6) is 0 Å². The number of benzene rings is 1. The average molecular weight is 314 g/mol. The Bertz CT molecular complexity index is 653. The fourth-order valence-electron chi connectivity index (χ4n) is 2.81. The van der Waals surface area contributed by atoms with E-state index in [1.807, 2.05) is 6.92 Å². The van der Waals surface area contributed by atoms with E-state index < -0.39 is 20.5 Å². The van der Waals surface area contributed by atoms with Gasteiger partial charge in [0.05, 0.1) is 17.9 Å². The van der Waals surface area contributed by atoms with E-state index in [0.717, 1.165) is 5.56 Å². The fourth-order valence-corrected chi connectivity index (χ4v) is 4.86. The van der Waals surface area contributed by atoms with Gasteiger partial charge in [0, 0.05) is 23.8 Å². The summed E-state index contributed by atoms with van der Waals surface area (Å²) >= 11 is 5.96. The van der Waals surface area contributed by atoms with E-state index in [2.05, 4.69) is 6.07 Å². The molecule has 3 atom stereocenters. The second-order valence-electron chi connectivity index (χ2n) is 5.07. The van der Waals surface area contributed by atoms with E-state index in [-0.39, 0.29) is 12.5 Å². The average Bonchev–Trinajstić information content (AvgIpc) is 3.06. The van der Waals surface area contributed by atoms with Crippen molar-refractivity contribution in [1.29, 1.82) is 5.26 Å². The van der Waals surface area contributed by atoms with Crippen LogP contribution < -0.4 is 0 Å². The van der Waals surface area contributed by atoms with Crippen molar-refractivity contribution in [2.24, 2.45) is 5.41 Å². The van der Waals surface area contributed by atoms with Gasteiger partial charge in [0.25, 0.3) is 0 Å². The second-order valence-corrected chi connectivity index (χ2v) is 7.68. The van der Waals surface area contributed by atoms with Gasteiger partial charge in [0.2, 0.25) is 0 Å². The summed E-state index contributed by atoms with van der Waals surface area (Å²) in [6.45, 7) is 2.38. The first kappa shape index (κ1) is 15.3. The lowest BCUT2D eigenvalue weighted by molar-refractivity contribution is 0.117. The van der Waals surface area contributed by atoms with Crippen LogP contribution in [0.25, 0.3) is 0 Å². The van der Waals surface area contributed by atoms with Crippen molar-refractivity contribution < 1.29 is 13.2 Å². The van der Waals surface area contributed by atoms with Crippen molar-refractivity contribution in [3.8, 4) is 6.07 Å². The van der Waals surface area contributed by atoms with E-state index >= 15 is 0 Å². The lowest BCUT2D eigenvalue weighted by Gasteiger charge is -2.08. The highest BCUT2D eigenvalue weighted by atomic mass is 35.5. The molecule has 1 fully saturated rings. The van der Waals surface area contributed by atoms with Gasteiger partial charge in [0.1, 0.15) is 5.41 Å². The summed E-state index contributed by atoms with van der Waals surface area (Å²) in [5, 5.41) is 9.29. The molecule has 2 rings (SSSR count). The lowest BCUT2D eigenvalue weighted by Crippen LogP contribution is -2.18. The molecule has 1 aromatic carbocycles. The smallest absolute Gasteiger partial charge is 0.152 e. The van der Waals surface area contributed by atoms with Crippen molar-refractivity contribution >= 4 is 21.4 Å². The van der Waals surface area contributed by atoms with Crippen LogP contribution in [0.4, 0.5) is 0 Å². The summed E-state index contributed by atoms with van der Waals surface area (Å²) in [7, 11) is -3.34. The highest BCUT2D eigenvalue weighted by Crippen LogP contribution is 2.62. The Morgan fingerprint density at radius 2 is 2.20 bits per heavy atom. The molecule has 6 heteroatoms. The molecule has 1 saturated carbocycles. The van der Waals surface area contributed by atoms with Crippen LogP contribution in [0.2, 0.25) is 5.02 Å². The Hall–Kier alpha value is -1.09. The van der Waals surface area contributed by atoms with Crippen LogP contribution in [0, 0.1) is 16.7 Å². The molecule has 0 N–H and O–H groups in total. The highest BCUT2D eigenvalue weighted by molar-refractivity contribution is 7.91. The maximum Gasteiger partial charge on any atom is 0.152 e. The number of rotatable bonds is 5. The maximum absolute atomic E-state index is 12.0. The van der Waals surface area contributed by atoms with Crippen LogP contribution in [-0.2, 0) is 14.6 Å². The van der Waals surface area contributed by atoms with Crippen LogP contribution >= 0.6 is 11.6 Å². The Kier molecular flexibility index (Phi) is 4.10. The molecule has 4 nitrogen and oxygen atoms in total. The minimum absolute atomic E-state index is 0.120. The molecule has 108 valence electrons. The van der Waals surface area contributed by atoms with Gasteiger partial charge in [-0.25, -0.2) is 8.42 Å². The van der Waals surface area contributed by atoms with Crippen molar-refractivity contribution in [2.45, 2.75) is 18.1 Å². The standard InChI is InChI=1S/C14H16ClNO3S/c1-3-19-9-14(8-16)12(13(14)20(2,17)18)10-5-4-6-11(15)7-10/h4-7,12-13H,3,9H2,1-2H3/t12-,13-,14-/m1/s1. The van der Waals surface area contributed by atoms with Crippen molar-refractivity contribution in [1.82, 2.24) is 0 Å².